The minimum atomic E-state index is -0.677. The van der Waals surface area contributed by atoms with Crippen molar-refractivity contribution in [3.63, 3.8) is 0 Å². The first kappa shape index (κ1) is 13.9. The maximum Gasteiger partial charge on any atom is 0.167 e. The monoisotopic (exact) mass is 269 g/mol. The fourth-order valence-electron chi connectivity index (χ4n) is 2.09. The topological polar surface area (TPSA) is 29.5 Å². The Labute approximate surface area is 111 Å². The Balaban J connectivity index is 1.68. The van der Waals surface area contributed by atoms with Gasteiger partial charge in [0.15, 0.2) is 11.6 Å². The van der Waals surface area contributed by atoms with Gasteiger partial charge in [0.05, 0.1) is 6.61 Å². The Hall–Kier alpha value is -1.49. The van der Waals surface area contributed by atoms with Crippen molar-refractivity contribution in [1.82, 2.24) is 4.90 Å². The lowest BCUT2D eigenvalue weighted by molar-refractivity contribution is -0.121. The number of nitrogens with zero attached hydrogens (tertiary/aromatic N) is 1. The third kappa shape index (κ3) is 4.28. The molecule has 0 radical (unpaired) electrons. The maximum absolute atomic E-state index is 13.3. The minimum Gasteiger partial charge on any atom is -0.490 e. The normalized spacial score (nSPS) is 16.6. The summed E-state index contributed by atoms with van der Waals surface area (Å²) in [7, 11) is 0. The van der Waals surface area contributed by atoms with Crippen LogP contribution in [0.4, 0.5) is 8.78 Å². The van der Waals surface area contributed by atoms with Crippen LogP contribution in [-0.4, -0.2) is 36.9 Å². The zero-order valence-electron chi connectivity index (χ0n) is 10.7. The highest BCUT2D eigenvalue weighted by atomic mass is 19.1. The molecule has 1 aliphatic heterocycles. The molecule has 1 fully saturated rings. The number of halogens is 2. The number of hydrogen-bond acceptors (Lipinski definition) is 3. The number of carbonyl (C=O) groups excluding carboxylic acids is 1. The van der Waals surface area contributed by atoms with E-state index in [0.717, 1.165) is 32.1 Å². The first-order chi connectivity index (χ1) is 9.15. The molecule has 19 heavy (non-hydrogen) atoms. The number of piperidine rings is 1. The van der Waals surface area contributed by atoms with Crippen LogP contribution in [0.15, 0.2) is 18.2 Å². The van der Waals surface area contributed by atoms with Crippen molar-refractivity contribution in [3.8, 4) is 5.75 Å². The molecule has 0 saturated carbocycles. The second-order valence-electron chi connectivity index (χ2n) is 4.66. The van der Waals surface area contributed by atoms with E-state index in [1.165, 1.54) is 12.1 Å². The quantitative estimate of drug-likeness (QED) is 0.769. The molecule has 1 heterocycles. The summed E-state index contributed by atoms with van der Waals surface area (Å²) in [5.41, 5.74) is 0. The van der Waals surface area contributed by atoms with E-state index >= 15 is 0 Å². The van der Waals surface area contributed by atoms with E-state index in [2.05, 4.69) is 4.90 Å². The van der Waals surface area contributed by atoms with Crippen LogP contribution in [0.3, 0.4) is 0 Å². The Kier molecular flexibility index (Phi) is 4.85. The van der Waals surface area contributed by atoms with Crippen molar-refractivity contribution in [1.29, 1.82) is 0 Å². The molecule has 104 valence electrons. The van der Waals surface area contributed by atoms with Gasteiger partial charge < -0.3 is 9.64 Å². The van der Waals surface area contributed by atoms with E-state index in [0.29, 0.717) is 25.2 Å². The lowest BCUT2D eigenvalue weighted by Crippen LogP contribution is -2.35. The molecule has 0 unspecified atom stereocenters. The lowest BCUT2D eigenvalue weighted by atomic mass is 10.1. The first-order valence-corrected chi connectivity index (χ1v) is 6.47. The van der Waals surface area contributed by atoms with Gasteiger partial charge >= 0.3 is 0 Å². The number of ketones is 1. The lowest BCUT2D eigenvalue weighted by Gasteiger charge is -2.25. The number of carbonyl (C=O) groups is 1. The Morgan fingerprint density at radius 2 is 1.95 bits per heavy atom. The fraction of sp³-hybridized carbons (Fsp3) is 0.500. The molecule has 1 aliphatic rings. The van der Waals surface area contributed by atoms with Gasteiger partial charge in [-0.2, -0.15) is 0 Å². The molecule has 0 spiro atoms. The highest BCUT2D eigenvalue weighted by molar-refractivity contribution is 5.79. The van der Waals surface area contributed by atoms with Crippen LogP contribution < -0.4 is 4.74 Å². The average molecular weight is 269 g/mol. The highest BCUT2D eigenvalue weighted by Gasteiger charge is 2.15. The van der Waals surface area contributed by atoms with Gasteiger partial charge in [-0.15, -0.1) is 0 Å². The number of rotatable bonds is 5. The van der Waals surface area contributed by atoms with Crippen LogP contribution >= 0.6 is 0 Å². The van der Waals surface area contributed by atoms with Crippen molar-refractivity contribution < 1.29 is 18.3 Å². The molecule has 1 saturated heterocycles. The van der Waals surface area contributed by atoms with E-state index in [1.807, 2.05) is 0 Å². The summed E-state index contributed by atoms with van der Waals surface area (Å²) in [4.78, 5) is 13.3. The molecular formula is C14H17F2NO2. The van der Waals surface area contributed by atoms with Crippen LogP contribution in [0.5, 0.6) is 5.75 Å². The van der Waals surface area contributed by atoms with Crippen LogP contribution in [0.1, 0.15) is 19.3 Å². The fourth-order valence-corrected chi connectivity index (χ4v) is 2.09. The van der Waals surface area contributed by atoms with Gasteiger partial charge in [-0.3, -0.25) is 4.79 Å². The highest BCUT2D eigenvalue weighted by Crippen LogP contribution is 2.17. The second-order valence-corrected chi connectivity index (χ2v) is 4.66. The van der Waals surface area contributed by atoms with Gasteiger partial charge in [-0.25, -0.2) is 8.78 Å². The van der Waals surface area contributed by atoms with Gasteiger partial charge in [0.1, 0.15) is 11.6 Å². The molecule has 1 aromatic carbocycles. The summed E-state index contributed by atoms with van der Waals surface area (Å²) in [5, 5.41) is 0. The summed E-state index contributed by atoms with van der Waals surface area (Å²) in [6.45, 7) is 2.80. The van der Waals surface area contributed by atoms with Crippen molar-refractivity contribution in [2.24, 2.45) is 0 Å². The Morgan fingerprint density at radius 3 is 2.63 bits per heavy atom. The van der Waals surface area contributed by atoms with Crippen LogP contribution in [-0.2, 0) is 4.79 Å². The summed E-state index contributed by atoms with van der Waals surface area (Å²) < 4.78 is 31.2. The summed E-state index contributed by atoms with van der Waals surface area (Å²) in [6, 6.07) is 3.28. The smallest absolute Gasteiger partial charge is 0.167 e. The maximum atomic E-state index is 13.3. The summed E-state index contributed by atoms with van der Waals surface area (Å²) in [5.74, 6) is -0.887. The molecule has 2 rings (SSSR count). The van der Waals surface area contributed by atoms with Crippen LogP contribution in [0, 0.1) is 11.6 Å². The van der Waals surface area contributed by atoms with Gasteiger partial charge in [-0.05, 0) is 18.6 Å². The number of Topliss-reactive ketones (excluding diaryl/α,β-unsaturated/α-hetero) is 1. The molecule has 0 atom stereocenters. The van der Waals surface area contributed by atoms with Crippen LogP contribution in [0.25, 0.3) is 0 Å². The third-order valence-electron chi connectivity index (χ3n) is 3.18. The molecule has 1 aromatic rings. The van der Waals surface area contributed by atoms with E-state index in [9.17, 15) is 13.6 Å². The van der Waals surface area contributed by atoms with Crippen molar-refractivity contribution in [2.45, 2.75) is 19.3 Å². The Morgan fingerprint density at radius 1 is 1.21 bits per heavy atom. The zero-order valence-corrected chi connectivity index (χ0v) is 10.7. The van der Waals surface area contributed by atoms with Crippen LogP contribution in [0.2, 0.25) is 0 Å². The van der Waals surface area contributed by atoms with Crippen molar-refractivity contribution in [2.75, 3.05) is 26.2 Å². The van der Waals surface area contributed by atoms with Crippen molar-refractivity contribution in [3.05, 3.63) is 29.8 Å². The van der Waals surface area contributed by atoms with E-state index in [4.69, 9.17) is 4.74 Å². The SMILES string of the molecule is O=C1CCN(CCCOc2ccc(F)cc2F)CC1. The molecule has 0 aliphatic carbocycles. The number of benzene rings is 1. The molecule has 0 amide bonds. The average Bonchev–Trinajstić information content (AvgIpc) is 2.39. The number of ether oxygens (including phenoxy) is 1. The van der Waals surface area contributed by atoms with Gasteiger partial charge in [0, 0.05) is 38.5 Å². The van der Waals surface area contributed by atoms with Crippen molar-refractivity contribution >= 4 is 5.78 Å². The first-order valence-electron chi connectivity index (χ1n) is 6.47. The molecule has 0 bridgehead atoms. The molecule has 0 N–H and O–H groups in total. The molecule has 5 heteroatoms. The Bertz CT molecular complexity index is 441. The summed E-state index contributed by atoms with van der Waals surface area (Å²) >= 11 is 0. The zero-order chi connectivity index (χ0) is 13.7. The van der Waals surface area contributed by atoms with E-state index in [-0.39, 0.29) is 5.75 Å². The largest absolute Gasteiger partial charge is 0.490 e. The van der Waals surface area contributed by atoms with E-state index < -0.39 is 11.6 Å². The molecular weight excluding hydrogens is 252 g/mol. The van der Waals surface area contributed by atoms with Gasteiger partial charge in [-0.1, -0.05) is 0 Å². The molecule has 3 nitrogen and oxygen atoms in total. The third-order valence-corrected chi connectivity index (χ3v) is 3.18. The number of hydrogen-bond donors (Lipinski definition) is 0. The molecule has 0 aromatic heterocycles. The predicted octanol–water partition coefficient (Wildman–Crippen LogP) is 2.40. The number of likely N-dealkylation sites (tertiary alicyclic amines) is 1. The van der Waals surface area contributed by atoms with Gasteiger partial charge in [0.25, 0.3) is 0 Å². The standard InChI is InChI=1S/C14H17F2NO2/c15-11-2-3-14(13(16)10-11)19-9-1-6-17-7-4-12(18)5-8-17/h2-3,10H,1,4-9H2. The van der Waals surface area contributed by atoms with E-state index in [1.54, 1.807) is 0 Å². The van der Waals surface area contributed by atoms with Gasteiger partial charge in [0.2, 0.25) is 0 Å². The predicted molar refractivity (Wildman–Crippen MR) is 67.2 cm³/mol. The summed E-state index contributed by atoms with van der Waals surface area (Å²) in [6.07, 6.45) is 1.99. The second kappa shape index (κ2) is 6.61. The minimum absolute atomic E-state index is 0.0789.